The van der Waals surface area contributed by atoms with E-state index in [0.29, 0.717) is 0 Å². The van der Waals surface area contributed by atoms with Crippen molar-refractivity contribution in [2.24, 2.45) is 0 Å². The SMILES string of the molecule is COc1ccc(Sc2c(C)n[nH]c2C)cc1OC. The predicted octanol–water partition coefficient (Wildman–Crippen LogP) is 3.19. The average Bonchev–Trinajstić information content (AvgIpc) is 2.70. The fourth-order valence-corrected chi connectivity index (χ4v) is 2.62. The number of aromatic nitrogens is 2. The van der Waals surface area contributed by atoms with E-state index in [1.165, 1.54) is 0 Å². The minimum atomic E-state index is 0.737. The van der Waals surface area contributed by atoms with Crippen molar-refractivity contribution in [1.82, 2.24) is 10.2 Å². The van der Waals surface area contributed by atoms with E-state index in [1.54, 1.807) is 26.0 Å². The van der Waals surface area contributed by atoms with E-state index in [4.69, 9.17) is 9.47 Å². The third-order valence-corrected chi connectivity index (χ3v) is 3.93. The van der Waals surface area contributed by atoms with Gasteiger partial charge >= 0.3 is 0 Å². The number of nitrogens with one attached hydrogen (secondary N) is 1. The number of hydrogen-bond donors (Lipinski definition) is 1. The van der Waals surface area contributed by atoms with Crippen LogP contribution in [0.25, 0.3) is 0 Å². The number of rotatable bonds is 4. The second-order valence-electron chi connectivity index (χ2n) is 3.88. The van der Waals surface area contributed by atoms with Gasteiger partial charge in [-0.25, -0.2) is 0 Å². The molecule has 1 heterocycles. The van der Waals surface area contributed by atoms with Gasteiger partial charge in [-0.1, -0.05) is 11.8 Å². The summed E-state index contributed by atoms with van der Waals surface area (Å²) in [6, 6.07) is 5.89. The van der Waals surface area contributed by atoms with Crippen molar-refractivity contribution in [3.05, 3.63) is 29.6 Å². The average molecular weight is 264 g/mol. The Bertz CT molecular complexity index is 532. The molecule has 5 heteroatoms. The molecule has 0 saturated carbocycles. The fraction of sp³-hybridized carbons (Fsp3) is 0.308. The number of aromatic amines is 1. The van der Waals surface area contributed by atoms with Gasteiger partial charge in [0.1, 0.15) is 0 Å². The van der Waals surface area contributed by atoms with E-state index in [2.05, 4.69) is 10.2 Å². The van der Waals surface area contributed by atoms with Crippen molar-refractivity contribution < 1.29 is 9.47 Å². The second-order valence-corrected chi connectivity index (χ2v) is 4.97. The third kappa shape index (κ3) is 2.46. The summed E-state index contributed by atoms with van der Waals surface area (Å²) in [5.41, 5.74) is 2.08. The van der Waals surface area contributed by atoms with Gasteiger partial charge in [0.2, 0.25) is 0 Å². The van der Waals surface area contributed by atoms with Gasteiger partial charge in [-0.3, -0.25) is 5.10 Å². The first-order valence-corrected chi connectivity index (χ1v) is 6.38. The molecule has 0 aliphatic heterocycles. The van der Waals surface area contributed by atoms with Crippen LogP contribution < -0.4 is 9.47 Å². The first-order valence-electron chi connectivity index (χ1n) is 5.57. The molecule has 2 aromatic rings. The molecule has 0 saturated heterocycles. The number of nitrogens with zero attached hydrogens (tertiary/aromatic N) is 1. The maximum absolute atomic E-state index is 5.29. The van der Waals surface area contributed by atoms with Crippen molar-refractivity contribution >= 4 is 11.8 Å². The lowest BCUT2D eigenvalue weighted by molar-refractivity contribution is 0.354. The van der Waals surface area contributed by atoms with Crippen molar-refractivity contribution in [2.75, 3.05) is 14.2 Å². The highest BCUT2D eigenvalue weighted by molar-refractivity contribution is 7.99. The summed E-state index contributed by atoms with van der Waals surface area (Å²) in [5, 5.41) is 7.17. The third-order valence-electron chi connectivity index (χ3n) is 2.64. The van der Waals surface area contributed by atoms with Crippen LogP contribution in [-0.2, 0) is 0 Å². The van der Waals surface area contributed by atoms with Crippen molar-refractivity contribution in [3.63, 3.8) is 0 Å². The van der Waals surface area contributed by atoms with Crippen molar-refractivity contribution in [2.45, 2.75) is 23.6 Å². The highest BCUT2D eigenvalue weighted by atomic mass is 32.2. The molecule has 0 atom stereocenters. The number of benzene rings is 1. The Labute approximate surface area is 111 Å². The topological polar surface area (TPSA) is 47.1 Å². The zero-order valence-electron chi connectivity index (χ0n) is 10.9. The van der Waals surface area contributed by atoms with Crippen LogP contribution in [0, 0.1) is 13.8 Å². The summed E-state index contributed by atoms with van der Waals surface area (Å²) in [6.07, 6.45) is 0. The molecule has 0 amide bonds. The Morgan fingerprint density at radius 2 is 1.83 bits per heavy atom. The first-order chi connectivity index (χ1) is 8.65. The molecule has 0 radical (unpaired) electrons. The molecular weight excluding hydrogens is 248 g/mol. The number of aryl methyl sites for hydroxylation is 2. The summed E-state index contributed by atoms with van der Waals surface area (Å²) in [5.74, 6) is 1.48. The van der Waals surface area contributed by atoms with Crippen LogP contribution in [0.15, 0.2) is 28.0 Å². The Morgan fingerprint density at radius 3 is 2.39 bits per heavy atom. The molecule has 1 aromatic carbocycles. The number of H-pyrrole nitrogens is 1. The first kappa shape index (κ1) is 12.8. The summed E-state index contributed by atoms with van der Waals surface area (Å²) in [6.45, 7) is 4.01. The quantitative estimate of drug-likeness (QED) is 0.921. The van der Waals surface area contributed by atoms with Gasteiger partial charge in [-0.15, -0.1) is 0 Å². The van der Waals surface area contributed by atoms with Gasteiger partial charge in [0, 0.05) is 10.6 Å². The van der Waals surface area contributed by atoms with Gasteiger partial charge in [0.25, 0.3) is 0 Å². The summed E-state index contributed by atoms with van der Waals surface area (Å²) < 4.78 is 10.5. The Hall–Kier alpha value is -1.62. The van der Waals surface area contributed by atoms with E-state index >= 15 is 0 Å². The standard InChI is InChI=1S/C13H16N2O2S/c1-8-13(9(2)15-14-8)18-10-5-6-11(16-3)12(7-10)17-4/h5-7H,1-4H3,(H,14,15). The molecule has 1 N–H and O–H groups in total. The molecule has 1 aromatic heterocycles. The van der Waals surface area contributed by atoms with E-state index < -0.39 is 0 Å². The van der Waals surface area contributed by atoms with Crippen molar-refractivity contribution in [1.29, 1.82) is 0 Å². The molecule has 0 spiro atoms. The van der Waals surface area contributed by atoms with Crippen LogP contribution in [-0.4, -0.2) is 24.4 Å². The van der Waals surface area contributed by atoms with E-state index in [9.17, 15) is 0 Å². The van der Waals surface area contributed by atoms with E-state index in [0.717, 1.165) is 32.7 Å². The minimum absolute atomic E-state index is 0.737. The van der Waals surface area contributed by atoms with Gasteiger partial charge in [0.15, 0.2) is 11.5 Å². The molecule has 0 bridgehead atoms. The predicted molar refractivity (Wildman–Crippen MR) is 71.7 cm³/mol. The molecule has 2 rings (SSSR count). The number of methoxy groups -OCH3 is 2. The summed E-state index contributed by atoms with van der Waals surface area (Å²) in [7, 11) is 3.27. The van der Waals surface area contributed by atoms with Gasteiger partial charge in [-0.05, 0) is 32.0 Å². The Balaban J connectivity index is 2.30. The number of hydrogen-bond acceptors (Lipinski definition) is 4. The molecular formula is C13H16N2O2S. The monoisotopic (exact) mass is 264 g/mol. The summed E-state index contributed by atoms with van der Waals surface area (Å²) >= 11 is 1.67. The zero-order chi connectivity index (χ0) is 13.1. The molecule has 0 fully saturated rings. The van der Waals surface area contributed by atoms with Gasteiger partial charge in [0.05, 0.1) is 24.8 Å². The number of ether oxygens (including phenoxy) is 2. The smallest absolute Gasteiger partial charge is 0.161 e. The maximum atomic E-state index is 5.29. The van der Waals surface area contributed by atoms with Crippen LogP contribution >= 0.6 is 11.8 Å². The Kier molecular flexibility index (Phi) is 3.81. The highest BCUT2D eigenvalue weighted by Crippen LogP contribution is 2.36. The van der Waals surface area contributed by atoms with Crippen LogP contribution in [0.2, 0.25) is 0 Å². The highest BCUT2D eigenvalue weighted by Gasteiger charge is 2.10. The maximum Gasteiger partial charge on any atom is 0.161 e. The lowest BCUT2D eigenvalue weighted by atomic mass is 10.3. The van der Waals surface area contributed by atoms with Crippen LogP contribution in [0.1, 0.15) is 11.4 Å². The van der Waals surface area contributed by atoms with Gasteiger partial charge < -0.3 is 9.47 Å². The zero-order valence-corrected chi connectivity index (χ0v) is 11.7. The molecule has 18 heavy (non-hydrogen) atoms. The van der Waals surface area contributed by atoms with Crippen LogP contribution in [0.5, 0.6) is 11.5 Å². The van der Waals surface area contributed by atoms with Crippen LogP contribution in [0.4, 0.5) is 0 Å². The molecule has 0 unspecified atom stereocenters. The largest absolute Gasteiger partial charge is 0.493 e. The lowest BCUT2D eigenvalue weighted by Crippen LogP contribution is -1.90. The van der Waals surface area contributed by atoms with Crippen molar-refractivity contribution in [3.8, 4) is 11.5 Å². The lowest BCUT2D eigenvalue weighted by Gasteiger charge is -2.09. The molecule has 4 nitrogen and oxygen atoms in total. The minimum Gasteiger partial charge on any atom is -0.493 e. The molecule has 96 valence electrons. The molecule has 0 aliphatic carbocycles. The van der Waals surface area contributed by atoms with Crippen LogP contribution in [0.3, 0.4) is 0 Å². The normalized spacial score (nSPS) is 10.4. The van der Waals surface area contributed by atoms with Gasteiger partial charge in [-0.2, -0.15) is 5.10 Å². The van der Waals surface area contributed by atoms with E-state index in [-0.39, 0.29) is 0 Å². The second kappa shape index (κ2) is 5.35. The molecule has 0 aliphatic rings. The summed E-state index contributed by atoms with van der Waals surface area (Å²) in [4.78, 5) is 2.25. The fourth-order valence-electron chi connectivity index (χ4n) is 1.69. The van der Waals surface area contributed by atoms with E-state index in [1.807, 2.05) is 32.0 Å². The Morgan fingerprint density at radius 1 is 1.11 bits per heavy atom.